The molecule has 0 aliphatic heterocycles. The average Bonchev–Trinajstić information content (AvgIpc) is 2.50. The average molecular weight is 277 g/mol. The minimum absolute atomic E-state index is 0.448. The Morgan fingerprint density at radius 2 is 1.95 bits per heavy atom. The first-order valence-electron chi connectivity index (χ1n) is 6.92. The third-order valence-corrected chi connectivity index (χ3v) is 3.18. The highest BCUT2D eigenvalue weighted by molar-refractivity contribution is 5.79. The van der Waals surface area contributed by atoms with E-state index in [0.29, 0.717) is 6.42 Å². The molecule has 0 spiro atoms. The van der Waals surface area contributed by atoms with Gasteiger partial charge in [0.05, 0.1) is 12.5 Å². The molecule has 0 N–H and O–H groups in total. The van der Waals surface area contributed by atoms with Crippen LogP contribution in [0.3, 0.4) is 0 Å². The van der Waals surface area contributed by atoms with Crippen LogP contribution < -0.4 is 0 Å². The number of pyridine rings is 1. The van der Waals surface area contributed by atoms with E-state index in [-0.39, 0.29) is 0 Å². The molecule has 3 heteroatoms. The second-order valence-electron chi connectivity index (χ2n) is 5.15. The Morgan fingerprint density at radius 1 is 1.19 bits per heavy atom. The van der Waals surface area contributed by atoms with Crippen molar-refractivity contribution in [1.29, 1.82) is 5.26 Å². The van der Waals surface area contributed by atoms with Gasteiger partial charge in [-0.05, 0) is 36.9 Å². The van der Waals surface area contributed by atoms with Gasteiger partial charge in [-0.1, -0.05) is 36.4 Å². The minimum atomic E-state index is 0.448. The molecule has 1 aromatic heterocycles. The Labute approximate surface area is 126 Å². The van der Waals surface area contributed by atoms with Gasteiger partial charge in [-0.3, -0.25) is 4.98 Å². The number of rotatable bonds is 5. The molecule has 0 saturated heterocycles. The molecule has 0 atom stereocenters. The number of nitrogens with zero attached hydrogens (tertiary/aromatic N) is 3. The number of hydrogen-bond donors (Lipinski definition) is 0. The Kier molecular flexibility index (Phi) is 5.25. The number of benzene rings is 1. The van der Waals surface area contributed by atoms with Crippen LogP contribution in [0.4, 0.5) is 0 Å². The normalized spacial score (nSPS) is 11.4. The molecule has 0 fully saturated rings. The zero-order valence-corrected chi connectivity index (χ0v) is 12.5. The molecule has 0 aliphatic carbocycles. The first-order chi connectivity index (χ1) is 10.2. The zero-order valence-electron chi connectivity index (χ0n) is 12.5. The van der Waals surface area contributed by atoms with Crippen LogP contribution in [0.2, 0.25) is 0 Å². The maximum atomic E-state index is 8.75. The molecule has 21 heavy (non-hydrogen) atoms. The molecular weight excluding hydrogens is 258 g/mol. The topological polar surface area (TPSA) is 39.9 Å². The van der Waals surface area contributed by atoms with E-state index in [0.717, 1.165) is 23.2 Å². The van der Waals surface area contributed by atoms with E-state index in [9.17, 15) is 0 Å². The lowest BCUT2D eigenvalue weighted by Gasteiger charge is -2.11. The Bertz CT molecular complexity index is 634. The van der Waals surface area contributed by atoms with E-state index in [4.69, 9.17) is 5.26 Å². The lowest BCUT2D eigenvalue weighted by atomic mass is 9.97. The van der Waals surface area contributed by atoms with Gasteiger partial charge in [0.1, 0.15) is 0 Å². The van der Waals surface area contributed by atoms with E-state index in [2.05, 4.69) is 40.2 Å². The molecule has 0 aliphatic rings. The molecule has 0 amide bonds. The molecule has 1 aromatic carbocycles. The summed E-state index contributed by atoms with van der Waals surface area (Å²) in [5, 5.41) is 8.75. The second kappa shape index (κ2) is 7.37. The van der Waals surface area contributed by atoms with Crippen molar-refractivity contribution in [2.75, 3.05) is 20.6 Å². The second-order valence-corrected chi connectivity index (χ2v) is 5.15. The van der Waals surface area contributed by atoms with Gasteiger partial charge in [0.2, 0.25) is 0 Å². The van der Waals surface area contributed by atoms with E-state index >= 15 is 0 Å². The van der Waals surface area contributed by atoms with Crippen molar-refractivity contribution >= 4 is 5.57 Å². The molecule has 1 heterocycles. The molecule has 0 radical (unpaired) electrons. The molecule has 0 bridgehead atoms. The first-order valence-corrected chi connectivity index (χ1v) is 6.92. The lowest BCUT2D eigenvalue weighted by molar-refractivity contribution is 0.457. The van der Waals surface area contributed by atoms with Crippen LogP contribution in [0, 0.1) is 11.3 Å². The van der Waals surface area contributed by atoms with Crippen LogP contribution in [0.1, 0.15) is 16.7 Å². The maximum Gasteiger partial charge on any atom is 0.0669 e. The monoisotopic (exact) mass is 277 g/mol. The van der Waals surface area contributed by atoms with Gasteiger partial charge in [-0.25, -0.2) is 0 Å². The number of aromatic nitrogens is 1. The summed E-state index contributed by atoms with van der Waals surface area (Å²) >= 11 is 0. The van der Waals surface area contributed by atoms with Crippen molar-refractivity contribution in [3.63, 3.8) is 0 Å². The zero-order chi connectivity index (χ0) is 15.1. The number of nitriles is 1. The first kappa shape index (κ1) is 15.0. The summed E-state index contributed by atoms with van der Waals surface area (Å²) in [6.45, 7) is 0.865. The lowest BCUT2D eigenvalue weighted by Crippen LogP contribution is -2.11. The van der Waals surface area contributed by atoms with Gasteiger partial charge in [0, 0.05) is 24.5 Å². The molecule has 3 nitrogen and oxygen atoms in total. The predicted molar refractivity (Wildman–Crippen MR) is 85.6 cm³/mol. The molecule has 0 saturated carbocycles. The van der Waals surface area contributed by atoms with Gasteiger partial charge in [-0.2, -0.15) is 5.26 Å². The highest BCUT2D eigenvalue weighted by atomic mass is 15.0. The summed E-state index contributed by atoms with van der Waals surface area (Å²) in [4.78, 5) is 6.33. The van der Waals surface area contributed by atoms with Crippen molar-refractivity contribution < 1.29 is 0 Å². The maximum absolute atomic E-state index is 8.75. The van der Waals surface area contributed by atoms with Crippen LogP contribution in [-0.4, -0.2) is 30.5 Å². The van der Waals surface area contributed by atoms with Gasteiger partial charge in [-0.15, -0.1) is 0 Å². The predicted octanol–water partition coefficient (Wildman–Crippen LogP) is 3.14. The van der Waals surface area contributed by atoms with Crippen molar-refractivity contribution in [3.05, 3.63) is 71.6 Å². The third kappa shape index (κ3) is 4.27. The van der Waals surface area contributed by atoms with Crippen molar-refractivity contribution in [1.82, 2.24) is 9.88 Å². The molecule has 0 unspecified atom stereocenters. The fourth-order valence-corrected chi connectivity index (χ4v) is 2.09. The third-order valence-electron chi connectivity index (χ3n) is 3.18. The van der Waals surface area contributed by atoms with Crippen LogP contribution in [-0.2, 0) is 6.42 Å². The quantitative estimate of drug-likeness (QED) is 0.843. The molecule has 2 rings (SSSR count). The largest absolute Gasteiger partial charge is 0.306 e. The highest BCUT2D eigenvalue weighted by Crippen LogP contribution is 2.23. The van der Waals surface area contributed by atoms with E-state index < -0.39 is 0 Å². The van der Waals surface area contributed by atoms with Crippen molar-refractivity contribution in [2.24, 2.45) is 0 Å². The summed E-state index contributed by atoms with van der Waals surface area (Å²) in [5.74, 6) is 0. The van der Waals surface area contributed by atoms with Crippen molar-refractivity contribution in [3.8, 4) is 6.07 Å². The highest BCUT2D eigenvalue weighted by Gasteiger charge is 2.05. The van der Waals surface area contributed by atoms with Crippen molar-refractivity contribution in [2.45, 2.75) is 6.42 Å². The van der Waals surface area contributed by atoms with Crippen LogP contribution in [0.5, 0.6) is 0 Å². The summed E-state index contributed by atoms with van der Waals surface area (Å²) < 4.78 is 0. The summed E-state index contributed by atoms with van der Waals surface area (Å²) in [5.41, 5.74) is 4.46. The fourth-order valence-electron chi connectivity index (χ4n) is 2.09. The Hall–Kier alpha value is -2.44. The van der Waals surface area contributed by atoms with Crippen LogP contribution in [0.15, 0.2) is 54.9 Å². The van der Waals surface area contributed by atoms with Crippen LogP contribution >= 0.6 is 0 Å². The van der Waals surface area contributed by atoms with E-state index in [1.165, 1.54) is 5.57 Å². The van der Waals surface area contributed by atoms with Gasteiger partial charge in [0.15, 0.2) is 0 Å². The fraction of sp³-hybridized carbons (Fsp3) is 0.222. The SMILES string of the molecule is CN(C)C/C=C(\c1ccc(CC#N)cc1)c1cccnc1. The Morgan fingerprint density at radius 3 is 2.52 bits per heavy atom. The van der Waals surface area contributed by atoms with Gasteiger partial charge >= 0.3 is 0 Å². The standard InChI is InChI=1S/C18H19N3/c1-21(2)13-10-18(17-4-3-12-20-14-17)16-7-5-15(6-8-16)9-11-19/h3-8,10,12,14H,9,13H2,1-2H3/b18-10+. The van der Waals surface area contributed by atoms with Gasteiger partial charge < -0.3 is 4.90 Å². The molecule has 106 valence electrons. The van der Waals surface area contributed by atoms with Gasteiger partial charge in [0.25, 0.3) is 0 Å². The minimum Gasteiger partial charge on any atom is -0.306 e. The summed E-state index contributed by atoms with van der Waals surface area (Å²) in [6.07, 6.45) is 6.31. The Balaban J connectivity index is 2.36. The number of hydrogen-bond acceptors (Lipinski definition) is 3. The van der Waals surface area contributed by atoms with Crippen LogP contribution in [0.25, 0.3) is 5.57 Å². The molecular formula is C18H19N3. The summed E-state index contributed by atoms with van der Waals surface area (Å²) in [6, 6.07) is 14.4. The van der Waals surface area contributed by atoms with E-state index in [1.807, 2.05) is 38.5 Å². The van der Waals surface area contributed by atoms with E-state index in [1.54, 1.807) is 6.20 Å². The number of likely N-dealkylation sites (N-methyl/N-ethyl adjacent to an activating group) is 1. The molecule has 2 aromatic rings. The summed E-state index contributed by atoms with van der Waals surface area (Å²) in [7, 11) is 4.10. The smallest absolute Gasteiger partial charge is 0.0669 e.